The third-order valence-electron chi connectivity index (χ3n) is 3.34. The van der Waals surface area contributed by atoms with E-state index in [4.69, 9.17) is 9.47 Å². The fourth-order valence-electron chi connectivity index (χ4n) is 2.25. The fourth-order valence-corrected chi connectivity index (χ4v) is 2.76. The lowest BCUT2D eigenvalue weighted by molar-refractivity contribution is 0.184. The summed E-state index contributed by atoms with van der Waals surface area (Å²) in [5, 5.41) is 13.6. The minimum atomic E-state index is 0.337. The highest BCUT2D eigenvalue weighted by Crippen LogP contribution is 2.25. The van der Waals surface area contributed by atoms with Crippen molar-refractivity contribution in [3.05, 3.63) is 63.8 Å². The average Bonchev–Trinajstić information content (AvgIpc) is 2.61. The quantitative estimate of drug-likeness (QED) is 0.398. The van der Waals surface area contributed by atoms with E-state index in [-0.39, 0.29) is 0 Å². The van der Waals surface area contributed by atoms with E-state index in [1.54, 1.807) is 19.4 Å². The van der Waals surface area contributed by atoms with E-state index >= 15 is 0 Å². The van der Waals surface area contributed by atoms with Crippen molar-refractivity contribution in [2.75, 3.05) is 19.1 Å². The summed E-state index contributed by atoms with van der Waals surface area (Å²) in [6.45, 7) is 6.25. The largest absolute Gasteiger partial charge is 0.488 e. The first-order valence-corrected chi connectivity index (χ1v) is 8.60. The molecule has 0 bridgehead atoms. The van der Waals surface area contributed by atoms with E-state index in [2.05, 4.69) is 44.1 Å². The van der Waals surface area contributed by atoms with Gasteiger partial charge in [0.2, 0.25) is 0 Å². The number of nitriles is 1. The molecule has 0 saturated carbocycles. The molecule has 26 heavy (non-hydrogen) atoms. The Balaban J connectivity index is 2.17. The average molecular weight is 415 g/mol. The van der Waals surface area contributed by atoms with Crippen molar-refractivity contribution in [2.24, 2.45) is 5.10 Å². The summed E-state index contributed by atoms with van der Waals surface area (Å²) in [7, 11) is 1.59. The number of methoxy groups -OCH3 is 1. The van der Waals surface area contributed by atoms with Gasteiger partial charge in [0.1, 0.15) is 24.0 Å². The van der Waals surface area contributed by atoms with Crippen molar-refractivity contribution < 1.29 is 9.47 Å². The van der Waals surface area contributed by atoms with E-state index < -0.39 is 0 Å². The van der Waals surface area contributed by atoms with Crippen molar-refractivity contribution in [3.63, 3.8) is 0 Å². The second-order valence-corrected chi connectivity index (χ2v) is 6.21. The molecule has 0 aliphatic rings. The van der Waals surface area contributed by atoms with Crippen LogP contribution in [0.15, 0.2) is 46.5 Å². The zero-order valence-corrected chi connectivity index (χ0v) is 16.2. The number of hydrogen-bond donors (Lipinski definition) is 1. The number of benzene rings is 1. The van der Waals surface area contributed by atoms with E-state index in [9.17, 15) is 5.26 Å². The standard InChI is InChI=1S/C19H19BrN4O2/c1-4-7-26-18-6-5-14(9-17(18)20)11-22-24-19-16(10-21)15(12-25-3)8-13(2)23-19/h4-6,8-9,11H,1,7,12H2,2-3H3,(H,23,24)/b22-11+. The van der Waals surface area contributed by atoms with Crippen LogP contribution in [0.3, 0.4) is 0 Å². The number of nitrogens with one attached hydrogen (secondary N) is 1. The predicted octanol–water partition coefficient (Wildman–Crippen LogP) is 4.18. The van der Waals surface area contributed by atoms with Gasteiger partial charge in [0.25, 0.3) is 0 Å². The molecule has 1 heterocycles. The highest BCUT2D eigenvalue weighted by molar-refractivity contribution is 9.10. The number of nitrogens with zero attached hydrogens (tertiary/aromatic N) is 3. The van der Waals surface area contributed by atoms with Crippen molar-refractivity contribution in [1.29, 1.82) is 5.26 Å². The van der Waals surface area contributed by atoms with E-state index in [0.717, 1.165) is 27.0 Å². The number of rotatable bonds is 8. The predicted molar refractivity (Wildman–Crippen MR) is 105 cm³/mol. The molecule has 134 valence electrons. The van der Waals surface area contributed by atoms with Crippen molar-refractivity contribution in [1.82, 2.24) is 4.98 Å². The molecular weight excluding hydrogens is 396 g/mol. The summed E-state index contributed by atoms with van der Waals surface area (Å²) in [6.07, 6.45) is 3.33. The van der Waals surface area contributed by atoms with E-state index in [0.29, 0.717) is 24.6 Å². The Hall–Kier alpha value is -2.69. The maximum absolute atomic E-state index is 9.41. The summed E-state index contributed by atoms with van der Waals surface area (Å²) in [5.41, 5.74) is 5.67. The fraction of sp³-hybridized carbons (Fsp3) is 0.211. The molecule has 0 fully saturated rings. The van der Waals surface area contributed by atoms with Gasteiger partial charge in [0.05, 0.1) is 17.3 Å². The summed E-state index contributed by atoms with van der Waals surface area (Å²) in [6, 6.07) is 9.58. The Morgan fingerprint density at radius 2 is 2.23 bits per heavy atom. The van der Waals surface area contributed by atoms with Crippen LogP contribution in [-0.2, 0) is 11.3 Å². The Morgan fingerprint density at radius 1 is 1.42 bits per heavy atom. The minimum Gasteiger partial charge on any atom is -0.488 e. The molecule has 0 saturated heterocycles. The van der Waals surface area contributed by atoms with Gasteiger partial charge < -0.3 is 9.47 Å². The van der Waals surface area contributed by atoms with Gasteiger partial charge in [0.15, 0.2) is 5.82 Å². The van der Waals surface area contributed by atoms with Crippen LogP contribution in [-0.4, -0.2) is 24.9 Å². The molecule has 1 aromatic heterocycles. The normalized spacial score (nSPS) is 10.5. The van der Waals surface area contributed by atoms with Gasteiger partial charge >= 0.3 is 0 Å². The van der Waals surface area contributed by atoms with E-state index in [1.807, 2.05) is 31.2 Å². The molecule has 1 N–H and O–H groups in total. The van der Waals surface area contributed by atoms with Crippen LogP contribution in [0.2, 0.25) is 0 Å². The Kier molecular flexibility index (Phi) is 7.33. The van der Waals surface area contributed by atoms with Gasteiger partial charge in [-0.15, -0.1) is 0 Å². The van der Waals surface area contributed by atoms with Gasteiger partial charge in [-0.3, -0.25) is 5.43 Å². The molecule has 0 spiro atoms. The molecule has 0 radical (unpaired) electrons. The van der Waals surface area contributed by atoms with Crippen LogP contribution in [0, 0.1) is 18.3 Å². The third-order valence-corrected chi connectivity index (χ3v) is 3.96. The number of pyridine rings is 1. The number of hydrazone groups is 1. The number of aryl methyl sites for hydroxylation is 1. The summed E-state index contributed by atoms with van der Waals surface area (Å²) >= 11 is 3.46. The first kappa shape index (κ1) is 19.6. The first-order valence-electron chi connectivity index (χ1n) is 7.81. The smallest absolute Gasteiger partial charge is 0.164 e. The SMILES string of the molecule is C=CCOc1ccc(/C=N/Nc2nc(C)cc(COC)c2C#N)cc1Br. The Labute approximate surface area is 161 Å². The third kappa shape index (κ3) is 5.15. The molecule has 2 aromatic rings. The number of hydrogen-bond acceptors (Lipinski definition) is 6. The molecule has 1 aromatic carbocycles. The number of ether oxygens (including phenoxy) is 2. The van der Waals surface area contributed by atoms with Crippen LogP contribution < -0.4 is 10.2 Å². The molecular formula is C19H19BrN4O2. The highest BCUT2D eigenvalue weighted by Gasteiger charge is 2.10. The van der Waals surface area contributed by atoms with Crippen LogP contribution in [0.5, 0.6) is 5.75 Å². The van der Waals surface area contributed by atoms with Crippen LogP contribution in [0.1, 0.15) is 22.4 Å². The lowest BCUT2D eigenvalue weighted by Gasteiger charge is -2.09. The number of halogens is 1. The summed E-state index contributed by atoms with van der Waals surface area (Å²) < 4.78 is 11.5. The minimum absolute atomic E-state index is 0.337. The molecule has 6 nitrogen and oxygen atoms in total. The van der Waals surface area contributed by atoms with Crippen LogP contribution in [0.25, 0.3) is 0 Å². The Bertz CT molecular complexity index is 859. The molecule has 0 aliphatic carbocycles. The molecule has 2 rings (SSSR count). The molecule has 0 amide bonds. The molecule has 0 unspecified atom stereocenters. The zero-order chi connectivity index (χ0) is 18.9. The van der Waals surface area contributed by atoms with Gasteiger partial charge in [-0.1, -0.05) is 12.7 Å². The van der Waals surface area contributed by atoms with Crippen LogP contribution >= 0.6 is 15.9 Å². The van der Waals surface area contributed by atoms with Gasteiger partial charge in [-0.2, -0.15) is 10.4 Å². The molecule has 7 heteroatoms. The second kappa shape index (κ2) is 9.70. The van der Waals surface area contributed by atoms with Gasteiger partial charge in [-0.05, 0) is 52.7 Å². The highest BCUT2D eigenvalue weighted by atomic mass is 79.9. The van der Waals surface area contributed by atoms with Crippen LogP contribution in [0.4, 0.5) is 5.82 Å². The molecule has 0 atom stereocenters. The number of anilines is 1. The van der Waals surface area contributed by atoms with E-state index in [1.165, 1.54) is 0 Å². The maximum atomic E-state index is 9.41. The summed E-state index contributed by atoms with van der Waals surface area (Å²) in [5.74, 6) is 1.13. The first-order chi connectivity index (χ1) is 12.6. The summed E-state index contributed by atoms with van der Waals surface area (Å²) in [4.78, 5) is 4.34. The lowest BCUT2D eigenvalue weighted by Crippen LogP contribution is -2.03. The number of aromatic nitrogens is 1. The topological polar surface area (TPSA) is 79.5 Å². The van der Waals surface area contributed by atoms with Gasteiger partial charge in [0, 0.05) is 18.4 Å². The Morgan fingerprint density at radius 3 is 2.88 bits per heavy atom. The van der Waals surface area contributed by atoms with Crippen molar-refractivity contribution in [3.8, 4) is 11.8 Å². The van der Waals surface area contributed by atoms with Gasteiger partial charge in [-0.25, -0.2) is 4.98 Å². The monoisotopic (exact) mass is 414 g/mol. The molecule has 0 aliphatic heterocycles. The van der Waals surface area contributed by atoms with Crippen molar-refractivity contribution in [2.45, 2.75) is 13.5 Å². The second-order valence-electron chi connectivity index (χ2n) is 5.35. The maximum Gasteiger partial charge on any atom is 0.164 e. The lowest BCUT2D eigenvalue weighted by atomic mass is 10.1. The zero-order valence-electron chi connectivity index (χ0n) is 14.6. The van der Waals surface area contributed by atoms with Crippen molar-refractivity contribution >= 4 is 28.0 Å².